The standard InChI is InChI=1S/C31H40ClN7O3/c1-3-6-29(41)38(25-11-14-37(15-12-25)19-23-8-9-26(32)22(2)17-23)20-28(40)36-27-18-24(10-13-33-27)31-34-21-35-39(31)30-7-4-5-16-42-30/h8-10,13,17-18,21,25,30H,3-7,11-12,14-16,19-20H2,1-2H3,(H,33,36,40). The van der Waals surface area contributed by atoms with Crippen LogP contribution in [-0.4, -0.2) is 73.6 Å². The molecule has 224 valence electrons. The molecule has 42 heavy (non-hydrogen) atoms. The Balaban J connectivity index is 1.21. The molecule has 0 aliphatic carbocycles. The van der Waals surface area contributed by atoms with Gasteiger partial charge >= 0.3 is 0 Å². The van der Waals surface area contributed by atoms with Crippen LogP contribution in [0.2, 0.25) is 5.02 Å². The van der Waals surface area contributed by atoms with E-state index < -0.39 is 0 Å². The highest BCUT2D eigenvalue weighted by molar-refractivity contribution is 6.31. The minimum absolute atomic E-state index is 0.00210. The Morgan fingerprint density at radius 3 is 2.69 bits per heavy atom. The van der Waals surface area contributed by atoms with Crippen molar-refractivity contribution in [1.82, 2.24) is 29.5 Å². The lowest BCUT2D eigenvalue weighted by Crippen LogP contribution is -2.49. The zero-order chi connectivity index (χ0) is 29.5. The number of pyridine rings is 1. The van der Waals surface area contributed by atoms with Crippen molar-refractivity contribution in [1.29, 1.82) is 0 Å². The fourth-order valence-electron chi connectivity index (χ4n) is 5.79. The number of hydrogen-bond donors (Lipinski definition) is 1. The third kappa shape index (κ3) is 7.53. The third-order valence-electron chi connectivity index (χ3n) is 8.01. The number of likely N-dealkylation sites (tertiary alicyclic amines) is 1. The van der Waals surface area contributed by atoms with Crippen molar-refractivity contribution in [2.45, 2.75) is 77.6 Å². The van der Waals surface area contributed by atoms with E-state index in [0.717, 1.165) is 74.3 Å². The van der Waals surface area contributed by atoms with Gasteiger partial charge in [0.2, 0.25) is 11.8 Å². The monoisotopic (exact) mass is 593 g/mol. The quantitative estimate of drug-likeness (QED) is 0.343. The van der Waals surface area contributed by atoms with E-state index in [0.29, 0.717) is 24.7 Å². The zero-order valence-corrected chi connectivity index (χ0v) is 25.2. The number of aryl methyl sites for hydroxylation is 1. The van der Waals surface area contributed by atoms with Gasteiger partial charge in [0, 0.05) is 55.5 Å². The number of halogens is 1. The predicted octanol–water partition coefficient (Wildman–Crippen LogP) is 5.23. The number of ether oxygens (including phenoxy) is 1. The van der Waals surface area contributed by atoms with Crippen molar-refractivity contribution >= 4 is 29.2 Å². The molecule has 0 radical (unpaired) electrons. The van der Waals surface area contributed by atoms with Gasteiger partial charge in [-0.25, -0.2) is 14.6 Å². The molecule has 0 spiro atoms. The minimum Gasteiger partial charge on any atom is -0.356 e. The molecule has 4 heterocycles. The van der Waals surface area contributed by atoms with Gasteiger partial charge in [0.15, 0.2) is 12.1 Å². The van der Waals surface area contributed by atoms with Crippen LogP contribution in [0.25, 0.3) is 11.4 Å². The van der Waals surface area contributed by atoms with Crippen LogP contribution in [0.15, 0.2) is 42.9 Å². The summed E-state index contributed by atoms with van der Waals surface area (Å²) < 4.78 is 7.70. The summed E-state index contributed by atoms with van der Waals surface area (Å²) in [6.07, 6.45) is 8.82. The second-order valence-corrected chi connectivity index (χ2v) is 11.6. The van der Waals surface area contributed by atoms with Crippen molar-refractivity contribution in [3.63, 3.8) is 0 Å². The summed E-state index contributed by atoms with van der Waals surface area (Å²) in [5.41, 5.74) is 3.09. The summed E-state index contributed by atoms with van der Waals surface area (Å²) in [6, 6.07) is 9.80. The van der Waals surface area contributed by atoms with Gasteiger partial charge in [0.05, 0.1) is 0 Å². The molecule has 0 saturated carbocycles. The van der Waals surface area contributed by atoms with E-state index >= 15 is 0 Å². The molecule has 1 aromatic carbocycles. The summed E-state index contributed by atoms with van der Waals surface area (Å²) in [5, 5.41) is 8.08. The van der Waals surface area contributed by atoms with Crippen molar-refractivity contribution < 1.29 is 14.3 Å². The van der Waals surface area contributed by atoms with Crippen LogP contribution in [0.4, 0.5) is 5.82 Å². The number of carbonyl (C=O) groups is 2. The number of hydrogen-bond acceptors (Lipinski definition) is 7. The van der Waals surface area contributed by atoms with E-state index in [4.69, 9.17) is 16.3 Å². The summed E-state index contributed by atoms with van der Waals surface area (Å²) in [6.45, 7) is 7.27. The Labute approximate surface area is 252 Å². The number of carbonyl (C=O) groups excluding carboxylic acids is 2. The first-order valence-electron chi connectivity index (χ1n) is 15.0. The topological polar surface area (TPSA) is 105 Å². The molecule has 2 aliphatic heterocycles. The van der Waals surface area contributed by atoms with Crippen LogP contribution in [0, 0.1) is 6.92 Å². The van der Waals surface area contributed by atoms with Crippen LogP contribution >= 0.6 is 11.6 Å². The van der Waals surface area contributed by atoms with E-state index in [1.54, 1.807) is 21.8 Å². The Hall–Kier alpha value is -3.34. The number of benzene rings is 1. The second-order valence-electron chi connectivity index (χ2n) is 11.2. The zero-order valence-electron chi connectivity index (χ0n) is 24.5. The number of anilines is 1. The van der Waals surface area contributed by atoms with E-state index in [1.807, 2.05) is 26.0 Å². The number of rotatable bonds is 10. The SMILES string of the molecule is CCCC(=O)N(CC(=O)Nc1cc(-c2ncnn2C2CCCCO2)ccn1)C1CCN(Cc2ccc(Cl)c(C)c2)CC1. The molecule has 2 amide bonds. The maximum Gasteiger partial charge on any atom is 0.245 e. The average Bonchev–Trinajstić information content (AvgIpc) is 3.49. The molecule has 1 unspecified atom stereocenters. The fraction of sp³-hybridized carbons (Fsp3) is 0.516. The van der Waals surface area contributed by atoms with Crippen LogP contribution in [-0.2, 0) is 20.9 Å². The smallest absolute Gasteiger partial charge is 0.245 e. The lowest BCUT2D eigenvalue weighted by molar-refractivity contribution is -0.138. The van der Waals surface area contributed by atoms with Crippen LogP contribution in [0.1, 0.15) is 69.2 Å². The van der Waals surface area contributed by atoms with Gasteiger partial charge in [-0.2, -0.15) is 5.10 Å². The summed E-state index contributed by atoms with van der Waals surface area (Å²) in [5.74, 6) is 0.828. The first kappa shape index (κ1) is 30.1. The molecule has 11 heteroatoms. The number of nitrogens with zero attached hydrogens (tertiary/aromatic N) is 6. The van der Waals surface area contributed by atoms with Gasteiger partial charge in [-0.05, 0) is 74.8 Å². The van der Waals surface area contributed by atoms with Crippen molar-refractivity contribution in [2.24, 2.45) is 0 Å². The maximum atomic E-state index is 13.2. The highest BCUT2D eigenvalue weighted by Crippen LogP contribution is 2.28. The molecule has 2 fully saturated rings. The number of piperidine rings is 1. The van der Waals surface area contributed by atoms with E-state index in [1.165, 1.54) is 11.9 Å². The molecule has 1 N–H and O–H groups in total. The van der Waals surface area contributed by atoms with Gasteiger partial charge in [-0.3, -0.25) is 14.5 Å². The van der Waals surface area contributed by atoms with Crippen molar-refractivity contribution in [2.75, 3.05) is 31.6 Å². The summed E-state index contributed by atoms with van der Waals surface area (Å²) >= 11 is 6.19. The largest absolute Gasteiger partial charge is 0.356 e. The van der Waals surface area contributed by atoms with Crippen LogP contribution in [0.3, 0.4) is 0 Å². The Morgan fingerprint density at radius 1 is 1.12 bits per heavy atom. The number of aromatic nitrogens is 4. The normalized spacial score (nSPS) is 18.1. The van der Waals surface area contributed by atoms with E-state index in [2.05, 4.69) is 37.4 Å². The fourth-order valence-corrected chi connectivity index (χ4v) is 5.91. The first-order chi connectivity index (χ1) is 20.4. The number of amides is 2. The van der Waals surface area contributed by atoms with E-state index in [-0.39, 0.29) is 30.6 Å². The number of nitrogens with one attached hydrogen (secondary N) is 1. The molecule has 5 rings (SSSR count). The Kier molecular flexibility index (Phi) is 10.2. The molecule has 2 aromatic heterocycles. The molecule has 10 nitrogen and oxygen atoms in total. The highest BCUT2D eigenvalue weighted by atomic mass is 35.5. The molecule has 3 aromatic rings. The van der Waals surface area contributed by atoms with Crippen molar-refractivity contribution in [3.8, 4) is 11.4 Å². The van der Waals surface area contributed by atoms with Gasteiger partial charge in [0.25, 0.3) is 0 Å². The van der Waals surface area contributed by atoms with Crippen molar-refractivity contribution in [3.05, 3.63) is 59.0 Å². The lowest BCUT2D eigenvalue weighted by Gasteiger charge is -2.38. The molecule has 2 saturated heterocycles. The van der Waals surface area contributed by atoms with Gasteiger partial charge < -0.3 is 15.0 Å². The molecule has 1 atom stereocenters. The minimum atomic E-state index is -0.264. The van der Waals surface area contributed by atoms with Gasteiger partial charge in [-0.1, -0.05) is 30.7 Å². The molecule has 2 aliphatic rings. The molecule has 0 bridgehead atoms. The average molecular weight is 594 g/mol. The predicted molar refractivity (Wildman–Crippen MR) is 162 cm³/mol. The highest BCUT2D eigenvalue weighted by Gasteiger charge is 2.29. The van der Waals surface area contributed by atoms with Gasteiger partial charge in [0.1, 0.15) is 18.7 Å². The Bertz CT molecular complexity index is 1370. The lowest BCUT2D eigenvalue weighted by atomic mass is 10.0. The maximum absolute atomic E-state index is 13.2. The van der Waals surface area contributed by atoms with Crippen LogP contribution < -0.4 is 5.32 Å². The van der Waals surface area contributed by atoms with E-state index in [9.17, 15) is 9.59 Å². The molecular weight excluding hydrogens is 554 g/mol. The molecular formula is C31H40ClN7O3. The summed E-state index contributed by atoms with van der Waals surface area (Å²) in [7, 11) is 0. The Morgan fingerprint density at radius 2 is 1.95 bits per heavy atom. The second kappa shape index (κ2) is 14.2. The first-order valence-corrected chi connectivity index (χ1v) is 15.3. The van der Waals surface area contributed by atoms with Crippen LogP contribution in [0.5, 0.6) is 0 Å². The third-order valence-corrected chi connectivity index (χ3v) is 8.44. The van der Waals surface area contributed by atoms with Gasteiger partial charge in [-0.15, -0.1) is 0 Å². The summed E-state index contributed by atoms with van der Waals surface area (Å²) in [4.78, 5) is 39.3.